The quantitative estimate of drug-likeness (QED) is 0.881. The van der Waals surface area contributed by atoms with Crippen LogP contribution < -0.4 is 5.32 Å². The standard InChI is InChI=1S/C15H17NO2S/c1-2-12-8-10-19-14(12)15(18)16-13-5-3-11(4-6-13)7-9-17/h3-6,8,10,17H,2,7,9H2,1H3,(H,16,18). The van der Waals surface area contributed by atoms with Gasteiger partial charge >= 0.3 is 0 Å². The van der Waals surface area contributed by atoms with E-state index in [1.807, 2.05) is 42.6 Å². The average molecular weight is 275 g/mol. The second-order valence-corrected chi connectivity index (χ2v) is 5.17. The molecule has 0 aliphatic heterocycles. The lowest BCUT2D eigenvalue weighted by Gasteiger charge is -2.06. The molecule has 100 valence electrons. The first kappa shape index (κ1) is 13.8. The molecule has 4 heteroatoms. The molecule has 0 bridgehead atoms. The smallest absolute Gasteiger partial charge is 0.266 e. The Hall–Kier alpha value is -1.65. The van der Waals surface area contributed by atoms with Crippen molar-refractivity contribution in [3.05, 3.63) is 51.7 Å². The lowest BCUT2D eigenvalue weighted by Crippen LogP contribution is -2.11. The molecular formula is C15H17NO2S. The summed E-state index contributed by atoms with van der Waals surface area (Å²) in [5, 5.41) is 13.7. The van der Waals surface area contributed by atoms with E-state index in [-0.39, 0.29) is 12.5 Å². The molecule has 0 spiro atoms. The number of benzene rings is 1. The third-order valence-corrected chi connectivity index (χ3v) is 3.90. The van der Waals surface area contributed by atoms with Crippen molar-refractivity contribution in [3.63, 3.8) is 0 Å². The number of aliphatic hydroxyl groups is 1. The van der Waals surface area contributed by atoms with Gasteiger partial charge in [-0.05, 0) is 47.5 Å². The first-order valence-corrected chi connectivity index (χ1v) is 7.20. The molecule has 0 aliphatic carbocycles. The van der Waals surface area contributed by atoms with Crippen molar-refractivity contribution < 1.29 is 9.90 Å². The molecule has 0 atom stereocenters. The number of carbonyl (C=O) groups is 1. The summed E-state index contributed by atoms with van der Waals surface area (Å²) < 4.78 is 0. The second kappa shape index (κ2) is 6.50. The van der Waals surface area contributed by atoms with Gasteiger partial charge in [-0.2, -0.15) is 0 Å². The molecule has 2 aromatic rings. The Morgan fingerprint density at radius 3 is 2.63 bits per heavy atom. The molecule has 0 aliphatic rings. The monoisotopic (exact) mass is 275 g/mol. The van der Waals surface area contributed by atoms with Gasteiger partial charge in [0.1, 0.15) is 0 Å². The number of aliphatic hydroxyl groups excluding tert-OH is 1. The van der Waals surface area contributed by atoms with E-state index in [0.717, 1.165) is 28.1 Å². The van der Waals surface area contributed by atoms with E-state index in [9.17, 15) is 4.79 Å². The van der Waals surface area contributed by atoms with Crippen molar-refractivity contribution in [3.8, 4) is 0 Å². The van der Waals surface area contributed by atoms with Crippen molar-refractivity contribution in [2.24, 2.45) is 0 Å². The lowest BCUT2D eigenvalue weighted by atomic mass is 10.1. The predicted molar refractivity (Wildman–Crippen MR) is 78.9 cm³/mol. The molecule has 1 aromatic carbocycles. The van der Waals surface area contributed by atoms with Crippen LogP contribution in [0.1, 0.15) is 27.7 Å². The van der Waals surface area contributed by atoms with Crippen LogP contribution in [0.2, 0.25) is 0 Å². The Labute approximate surface area is 116 Å². The van der Waals surface area contributed by atoms with Gasteiger partial charge in [-0.3, -0.25) is 4.79 Å². The predicted octanol–water partition coefficient (Wildman–Crippen LogP) is 3.10. The number of nitrogens with one attached hydrogen (secondary N) is 1. The van der Waals surface area contributed by atoms with E-state index >= 15 is 0 Å². The van der Waals surface area contributed by atoms with Crippen LogP contribution in [0.15, 0.2) is 35.7 Å². The highest BCUT2D eigenvalue weighted by molar-refractivity contribution is 7.12. The molecule has 0 fully saturated rings. The van der Waals surface area contributed by atoms with E-state index < -0.39 is 0 Å². The minimum Gasteiger partial charge on any atom is -0.396 e. The van der Waals surface area contributed by atoms with Crippen LogP contribution in [-0.4, -0.2) is 17.6 Å². The maximum absolute atomic E-state index is 12.1. The van der Waals surface area contributed by atoms with Crippen LogP contribution in [0, 0.1) is 0 Å². The zero-order valence-electron chi connectivity index (χ0n) is 10.8. The zero-order chi connectivity index (χ0) is 13.7. The van der Waals surface area contributed by atoms with Gasteiger partial charge in [-0.25, -0.2) is 0 Å². The number of anilines is 1. The van der Waals surface area contributed by atoms with E-state index in [1.165, 1.54) is 11.3 Å². The van der Waals surface area contributed by atoms with Gasteiger partial charge < -0.3 is 10.4 Å². The number of hydrogen-bond donors (Lipinski definition) is 2. The topological polar surface area (TPSA) is 49.3 Å². The van der Waals surface area contributed by atoms with Crippen molar-refractivity contribution >= 4 is 22.9 Å². The van der Waals surface area contributed by atoms with Crippen LogP contribution in [0.5, 0.6) is 0 Å². The minimum atomic E-state index is -0.0539. The summed E-state index contributed by atoms with van der Waals surface area (Å²) in [6, 6.07) is 9.55. The maximum atomic E-state index is 12.1. The maximum Gasteiger partial charge on any atom is 0.266 e. The summed E-state index contributed by atoms with van der Waals surface area (Å²) in [6.45, 7) is 2.18. The number of thiophene rings is 1. The molecule has 1 amide bonds. The first-order valence-electron chi connectivity index (χ1n) is 6.32. The van der Waals surface area contributed by atoms with Crippen LogP contribution in [0.25, 0.3) is 0 Å². The fourth-order valence-electron chi connectivity index (χ4n) is 1.89. The van der Waals surface area contributed by atoms with E-state index in [4.69, 9.17) is 5.11 Å². The van der Waals surface area contributed by atoms with Crippen LogP contribution >= 0.6 is 11.3 Å². The van der Waals surface area contributed by atoms with E-state index in [2.05, 4.69) is 5.32 Å². The number of hydrogen-bond acceptors (Lipinski definition) is 3. The molecule has 1 heterocycles. The van der Waals surface area contributed by atoms with Crippen LogP contribution in [0.3, 0.4) is 0 Å². The summed E-state index contributed by atoms with van der Waals surface area (Å²) in [5.74, 6) is -0.0539. The molecule has 2 N–H and O–H groups in total. The summed E-state index contributed by atoms with van der Waals surface area (Å²) in [7, 11) is 0. The molecule has 19 heavy (non-hydrogen) atoms. The summed E-state index contributed by atoms with van der Waals surface area (Å²) >= 11 is 1.47. The molecule has 1 aromatic heterocycles. The average Bonchev–Trinajstić information content (AvgIpc) is 2.90. The van der Waals surface area contributed by atoms with E-state index in [1.54, 1.807) is 0 Å². The van der Waals surface area contributed by atoms with Gasteiger partial charge in [-0.15, -0.1) is 11.3 Å². The Balaban J connectivity index is 2.06. The molecule has 0 saturated heterocycles. The zero-order valence-corrected chi connectivity index (χ0v) is 11.7. The van der Waals surface area contributed by atoms with Crippen molar-refractivity contribution in [1.82, 2.24) is 0 Å². The SMILES string of the molecule is CCc1ccsc1C(=O)Nc1ccc(CCO)cc1. The highest BCUT2D eigenvalue weighted by Crippen LogP contribution is 2.19. The summed E-state index contributed by atoms with van der Waals surface area (Å²) in [5.41, 5.74) is 2.92. The fraction of sp³-hybridized carbons (Fsp3) is 0.267. The number of rotatable bonds is 5. The van der Waals surface area contributed by atoms with Gasteiger partial charge in [0.15, 0.2) is 0 Å². The highest BCUT2D eigenvalue weighted by Gasteiger charge is 2.11. The van der Waals surface area contributed by atoms with Gasteiger partial charge in [0.25, 0.3) is 5.91 Å². The summed E-state index contributed by atoms with van der Waals surface area (Å²) in [4.78, 5) is 12.9. The van der Waals surface area contributed by atoms with Gasteiger partial charge in [0, 0.05) is 12.3 Å². The lowest BCUT2D eigenvalue weighted by molar-refractivity contribution is 0.103. The van der Waals surface area contributed by atoms with Gasteiger partial charge in [-0.1, -0.05) is 19.1 Å². The minimum absolute atomic E-state index is 0.0539. The Morgan fingerprint density at radius 1 is 1.26 bits per heavy atom. The Morgan fingerprint density at radius 2 is 2.00 bits per heavy atom. The molecule has 0 saturated carbocycles. The van der Waals surface area contributed by atoms with E-state index in [0.29, 0.717) is 6.42 Å². The molecule has 0 unspecified atom stereocenters. The van der Waals surface area contributed by atoms with Gasteiger partial charge in [0.2, 0.25) is 0 Å². The Kier molecular flexibility index (Phi) is 4.71. The van der Waals surface area contributed by atoms with Crippen LogP contribution in [0.4, 0.5) is 5.69 Å². The van der Waals surface area contributed by atoms with Crippen molar-refractivity contribution in [2.45, 2.75) is 19.8 Å². The van der Waals surface area contributed by atoms with Crippen LogP contribution in [-0.2, 0) is 12.8 Å². The molecule has 3 nitrogen and oxygen atoms in total. The second-order valence-electron chi connectivity index (χ2n) is 4.25. The molecular weight excluding hydrogens is 258 g/mol. The number of carbonyl (C=O) groups excluding carboxylic acids is 1. The van der Waals surface area contributed by atoms with Crippen molar-refractivity contribution in [1.29, 1.82) is 0 Å². The third-order valence-electron chi connectivity index (χ3n) is 2.95. The summed E-state index contributed by atoms with van der Waals surface area (Å²) in [6.07, 6.45) is 1.50. The number of aryl methyl sites for hydroxylation is 1. The van der Waals surface area contributed by atoms with Crippen molar-refractivity contribution in [2.75, 3.05) is 11.9 Å². The molecule has 0 radical (unpaired) electrons. The Bertz CT molecular complexity index is 546. The fourth-order valence-corrected chi connectivity index (χ4v) is 2.78. The highest BCUT2D eigenvalue weighted by atomic mass is 32.1. The third kappa shape index (κ3) is 3.43. The normalized spacial score (nSPS) is 10.4. The molecule has 2 rings (SSSR count). The van der Waals surface area contributed by atoms with Gasteiger partial charge in [0.05, 0.1) is 4.88 Å². The largest absolute Gasteiger partial charge is 0.396 e. The first-order chi connectivity index (χ1) is 9.24. The number of amides is 1.